The minimum Gasteiger partial charge on any atom is -0.550 e. The summed E-state index contributed by atoms with van der Waals surface area (Å²) >= 11 is 2.41. The summed E-state index contributed by atoms with van der Waals surface area (Å²) in [6.07, 6.45) is 1.96. The van der Waals surface area contributed by atoms with E-state index in [4.69, 9.17) is 21.0 Å². The van der Waals surface area contributed by atoms with E-state index in [-0.39, 0.29) is 87.0 Å². The number of carboxylic acid groups (broad SMARTS) is 1. The number of aliphatic carboxylic acids is 1. The van der Waals surface area contributed by atoms with E-state index < -0.39 is 149 Å². The lowest BCUT2D eigenvalue weighted by Gasteiger charge is -2.31. The number of carbonyl (C=O) groups excluding carboxylic acids is 12. The number of aliphatic hydroxyl groups excluding tert-OH is 1. The van der Waals surface area contributed by atoms with E-state index in [0.717, 1.165) is 24.0 Å². The fourth-order valence-corrected chi connectivity index (χ4v) is 12.3. The Morgan fingerprint density at radius 2 is 1.29 bits per heavy atom. The summed E-state index contributed by atoms with van der Waals surface area (Å²) in [5.74, 6) is -11.3. The lowest BCUT2D eigenvalue weighted by atomic mass is 10.1. The SMILES string of the molecule is C[C@@H]1NC(=O)[C@H](CC(=O)[O-])NC(=O)[C@@H](CCS(C)=O)NC(=O)[C@@H]2CCCN2C(=O)[C@@H]2CSCc3cc(cc(c3)OCCCCCCO/N=C/C(=O)N[C@@H](CCC(N)=O)C(=O)N2)CSC[C@@H](C(N)=O)NC(=O)[C@H]([C@@H](C)O)NC(=O)[C@@H]2CCCN2C1=O. The molecule has 11 amide bonds. The van der Waals surface area contributed by atoms with Crippen LogP contribution in [-0.4, -0.2) is 207 Å². The van der Waals surface area contributed by atoms with Gasteiger partial charge in [-0.05, 0) is 101 Å². The number of oxime groups is 1. The third-order valence-electron chi connectivity index (χ3n) is 14.2. The molecule has 32 heteroatoms. The molecule has 12 N–H and O–H groups in total. The highest BCUT2D eigenvalue weighted by molar-refractivity contribution is 7.98. The smallest absolute Gasteiger partial charge is 0.266 e. The molecule has 1 aromatic carbocycles. The number of aliphatic hydroxyl groups is 1. The second-order valence-corrected chi connectivity index (χ2v) is 24.7. The van der Waals surface area contributed by atoms with Gasteiger partial charge in [0.2, 0.25) is 59.1 Å². The van der Waals surface area contributed by atoms with E-state index in [9.17, 15) is 72.0 Å². The van der Waals surface area contributed by atoms with Gasteiger partial charge in [-0.25, -0.2) is 0 Å². The summed E-state index contributed by atoms with van der Waals surface area (Å²) in [6, 6.07) is -7.87. The Morgan fingerprint density at radius 3 is 1.91 bits per heavy atom. The lowest BCUT2D eigenvalue weighted by molar-refractivity contribution is -0.306. The Kier molecular flexibility index (Phi) is 27.6. The topological polar surface area (TPSA) is 439 Å². The van der Waals surface area contributed by atoms with Crippen molar-refractivity contribution in [3.05, 3.63) is 29.3 Å². The summed E-state index contributed by atoms with van der Waals surface area (Å²) in [5, 5.41) is 43.9. The number of benzene rings is 1. The van der Waals surface area contributed by atoms with Crippen molar-refractivity contribution in [2.24, 2.45) is 16.6 Å². The van der Waals surface area contributed by atoms with Crippen molar-refractivity contribution in [1.29, 1.82) is 0 Å². The molecule has 4 aliphatic rings. The number of nitrogens with zero attached hydrogens (tertiary/aromatic N) is 3. The van der Waals surface area contributed by atoms with Crippen molar-refractivity contribution in [1.82, 2.24) is 47.0 Å². The number of carboxylic acids is 1. The van der Waals surface area contributed by atoms with Gasteiger partial charge in [0.1, 0.15) is 72.9 Å². The molecule has 0 spiro atoms. The van der Waals surface area contributed by atoms with Crippen molar-refractivity contribution in [3.8, 4) is 5.75 Å². The zero-order valence-corrected chi connectivity index (χ0v) is 50.1. The first-order valence-electron chi connectivity index (χ1n) is 28.0. The molecule has 0 radical (unpaired) electrons. The number of fused-ring (bicyclic) bond motifs is 7. The fourth-order valence-electron chi connectivity index (χ4n) is 9.74. The van der Waals surface area contributed by atoms with Crippen LogP contribution in [0.1, 0.15) is 102 Å². The predicted octanol–water partition coefficient (Wildman–Crippen LogP) is -4.44. The van der Waals surface area contributed by atoms with Gasteiger partial charge in [-0.2, -0.15) is 23.5 Å². The van der Waals surface area contributed by atoms with Gasteiger partial charge >= 0.3 is 0 Å². The number of ether oxygens (including phenoxy) is 1. The molecule has 4 heterocycles. The summed E-state index contributed by atoms with van der Waals surface area (Å²) in [7, 11) is -1.56. The Morgan fingerprint density at radius 1 is 0.718 bits per heavy atom. The van der Waals surface area contributed by atoms with Crippen LogP contribution in [0.3, 0.4) is 0 Å². The summed E-state index contributed by atoms with van der Waals surface area (Å²) in [4.78, 5) is 171. The molecule has 29 nitrogen and oxygen atoms in total. The van der Waals surface area contributed by atoms with E-state index in [1.807, 2.05) is 6.07 Å². The summed E-state index contributed by atoms with van der Waals surface area (Å²) < 4.78 is 18.6. The number of primary amides is 2. The van der Waals surface area contributed by atoms with Crippen molar-refractivity contribution in [2.75, 3.05) is 49.8 Å². The Labute approximate surface area is 502 Å². The van der Waals surface area contributed by atoms with E-state index in [1.54, 1.807) is 12.1 Å². The lowest BCUT2D eigenvalue weighted by Crippen LogP contribution is -2.61. The van der Waals surface area contributed by atoms with Gasteiger partial charge in [0.15, 0.2) is 0 Å². The third kappa shape index (κ3) is 22.1. The number of rotatable bonds is 10. The fraction of sp³-hybridized carbons (Fsp3) is 0.642. The number of hydrogen-bond acceptors (Lipinski definition) is 20. The Bertz CT molecular complexity index is 2670. The first-order chi connectivity index (χ1) is 40.4. The van der Waals surface area contributed by atoms with Crippen LogP contribution in [0.2, 0.25) is 0 Å². The number of nitrogens with two attached hydrogens (primary N) is 2. The standard InChI is InChI=1S/C53H78N12O17S3/c1-29-52(78)64-15-8-11-40(64)50(76)63-44(30(2)66)51(77)61-37(45(55)71)27-83-25-31-20-32-22-33(21-31)81-17-6-4-5-7-18-82-56-24-42(68)58-34(12-13-41(54)67)46(72)62-38(28-84-26-32)53(79)65-16-9-10-39(65)49(75)59-35(14-19-85(3)80)47(73)60-36(23-43(69)70)48(74)57-29/h20-22,24,29-30,34-40,44,66H,4-19,23,25-28H2,1-3H3,(H2,54,67)(H2,55,71)(H,57,74)(H,58,68)(H,59,75)(H,60,73)(H,61,77)(H,62,72)(H,63,76)(H,69,70)/p-1/b56-24+/t29-,30+,34-,35+,36-,37-,38-,39-,40-,44-,85?/m0/s1. The predicted molar refractivity (Wildman–Crippen MR) is 308 cm³/mol. The highest BCUT2D eigenvalue weighted by Crippen LogP contribution is 2.27. The molecular weight excluding hydrogens is 1170 g/mol. The minimum absolute atomic E-state index is 0.00250. The summed E-state index contributed by atoms with van der Waals surface area (Å²) in [5.41, 5.74) is 12.6. The molecule has 85 heavy (non-hydrogen) atoms. The Balaban J connectivity index is 1.56. The molecule has 0 aromatic heterocycles. The van der Waals surface area contributed by atoms with Crippen LogP contribution in [0.15, 0.2) is 23.4 Å². The molecule has 0 aliphatic carbocycles. The van der Waals surface area contributed by atoms with Crippen LogP contribution in [0.25, 0.3) is 0 Å². The zero-order chi connectivity index (χ0) is 62.3. The number of amides is 11. The molecule has 11 atom stereocenters. The van der Waals surface area contributed by atoms with Gasteiger partial charge in [-0.3, -0.25) is 56.9 Å². The maximum Gasteiger partial charge on any atom is 0.266 e. The van der Waals surface area contributed by atoms with Crippen LogP contribution in [0.5, 0.6) is 5.75 Å². The van der Waals surface area contributed by atoms with E-state index in [1.165, 1.54) is 48.5 Å². The average molecular weight is 1250 g/mol. The molecule has 2 saturated heterocycles. The summed E-state index contributed by atoms with van der Waals surface area (Å²) in [6.45, 7) is 2.94. The molecule has 0 saturated carbocycles. The molecule has 1 unspecified atom stereocenters. The Hall–Kier alpha value is -7.06. The third-order valence-corrected chi connectivity index (χ3v) is 17.2. The average Bonchev–Trinajstić information content (AvgIpc) is 4.39. The van der Waals surface area contributed by atoms with Gasteiger partial charge in [-0.1, -0.05) is 11.2 Å². The van der Waals surface area contributed by atoms with E-state index in [2.05, 4.69) is 42.4 Å². The molecule has 4 bridgehead atoms. The van der Waals surface area contributed by atoms with Crippen LogP contribution in [0.4, 0.5) is 0 Å². The number of thioether (sulfide) groups is 2. The maximum absolute atomic E-state index is 14.9. The van der Waals surface area contributed by atoms with Gasteiger partial charge in [0.25, 0.3) is 5.91 Å². The maximum atomic E-state index is 14.9. The monoisotopic (exact) mass is 1250 g/mol. The molecule has 5 rings (SSSR count). The van der Waals surface area contributed by atoms with Gasteiger partial charge in [-0.15, -0.1) is 0 Å². The second-order valence-electron chi connectivity index (χ2n) is 21.0. The van der Waals surface area contributed by atoms with Crippen molar-refractivity contribution >= 4 is 111 Å². The number of nitrogens with one attached hydrogen (secondary N) is 7. The van der Waals surface area contributed by atoms with Crippen LogP contribution >= 0.6 is 23.5 Å². The van der Waals surface area contributed by atoms with Gasteiger partial charge in [0, 0.05) is 77.7 Å². The van der Waals surface area contributed by atoms with E-state index in [0.29, 0.717) is 42.7 Å². The van der Waals surface area contributed by atoms with Crippen molar-refractivity contribution < 1.29 is 81.5 Å². The normalized spacial score (nSPS) is 27.7. The molecule has 470 valence electrons. The molecular formula is C53H77N12O17S3-. The van der Waals surface area contributed by atoms with E-state index >= 15 is 0 Å². The van der Waals surface area contributed by atoms with Gasteiger partial charge < -0.3 is 83.1 Å². The minimum atomic E-state index is -1.93. The highest BCUT2D eigenvalue weighted by Gasteiger charge is 2.42. The zero-order valence-electron chi connectivity index (χ0n) is 47.6. The highest BCUT2D eigenvalue weighted by atomic mass is 32.2. The first-order valence-corrected chi connectivity index (χ1v) is 32.0. The quantitative estimate of drug-likeness (QED) is 0.106. The number of carbonyl (C=O) groups is 12. The van der Waals surface area contributed by atoms with Crippen LogP contribution in [-0.2, 0) is 84.7 Å². The van der Waals surface area contributed by atoms with Gasteiger partial charge in [0.05, 0.1) is 12.7 Å². The largest absolute Gasteiger partial charge is 0.550 e. The van der Waals surface area contributed by atoms with Crippen molar-refractivity contribution in [3.63, 3.8) is 0 Å². The van der Waals surface area contributed by atoms with Crippen molar-refractivity contribution in [2.45, 2.75) is 163 Å². The van der Waals surface area contributed by atoms with Crippen LogP contribution in [0, 0.1) is 0 Å². The molecule has 4 aliphatic heterocycles. The van der Waals surface area contributed by atoms with Crippen LogP contribution < -0.4 is 58.5 Å². The molecule has 2 fully saturated rings. The molecule has 1 aromatic rings. The number of hydrogen-bond donors (Lipinski definition) is 10. The first kappa shape index (κ1) is 68.7. The second kappa shape index (κ2) is 34.2.